The molecular formula is C17H21NO3. The van der Waals surface area contributed by atoms with Gasteiger partial charge in [-0.1, -0.05) is 18.2 Å². The van der Waals surface area contributed by atoms with Gasteiger partial charge in [0.25, 0.3) is 0 Å². The fourth-order valence-electron chi connectivity index (χ4n) is 2.99. The zero-order valence-corrected chi connectivity index (χ0v) is 12.5. The summed E-state index contributed by atoms with van der Waals surface area (Å²) < 4.78 is 5.79. The SMILES string of the molecule is CC(C(=O)N1CCC(C(C)O)C1)c1cc2ccccc2o1. The van der Waals surface area contributed by atoms with Crippen molar-refractivity contribution in [3.05, 3.63) is 36.1 Å². The number of carbonyl (C=O) groups is 1. The topological polar surface area (TPSA) is 53.7 Å². The van der Waals surface area contributed by atoms with E-state index in [0.29, 0.717) is 12.3 Å². The molecule has 1 amide bonds. The number of aliphatic hydroxyl groups excluding tert-OH is 1. The Hall–Kier alpha value is -1.81. The molecule has 0 spiro atoms. The fraction of sp³-hybridized carbons (Fsp3) is 0.471. The molecule has 1 saturated heterocycles. The second kappa shape index (κ2) is 5.53. The highest BCUT2D eigenvalue weighted by atomic mass is 16.3. The first kappa shape index (κ1) is 14.1. The van der Waals surface area contributed by atoms with Gasteiger partial charge in [-0.15, -0.1) is 0 Å². The molecular weight excluding hydrogens is 266 g/mol. The van der Waals surface area contributed by atoms with E-state index in [1.54, 1.807) is 6.92 Å². The number of hydrogen-bond donors (Lipinski definition) is 1. The van der Waals surface area contributed by atoms with E-state index in [1.165, 1.54) is 0 Å². The summed E-state index contributed by atoms with van der Waals surface area (Å²) in [4.78, 5) is 14.4. The summed E-state index contributed by atoms with van der Waals surface area (Å²) in [6, 6.07) is 9.73. The van der Waals surface area contributed by atoms with E-state index in [9.17, 15) is 9.90 Å². The Kier molecular flexibility index (Phi) is 3.72. The number of rotatable bonds is 3. The number of hydrogen-bond acceptors (Lipinski definition) is 3. The van der Waals surface area contributed by atoms with E-state index in [4.69, 9.17) is 4.42 Å². The van der Waals surface area contributed by atoms with Gasteiger partial charge in [-0.05, 0) is 32.4 Å². The Labute approximate surface area is 124 Å². The van der Waals surface area contributed by atoms with Gasteiger partial charge in [-0.2, -0.15) is 0 Å². The van der Waals surface area contributed by atoms with Crippen LogP contribution < -0.4 is 0 Å². The summed E-state index contributed by atoms with van der Waals surface area (Å²) in [6.45, 7) is 5.04. The molecule has 4 heteroatoms. The van der Waals surface area contributed by atoms with Crippen LogP contribution in [0.2, 0.25) is 0 Å². The van der Waals surface area contributed by atoms with Crippen LogP contribution in [-0.4, -0.2) is 35.1 Å². The molecule has 21 heavy (non-hydrogen) atoms. The van der Waals surface area contributed by atoms with Gasteiger partial charge in [0, 0.05) is 24.4 Å². The van der Waals surface area contributed by atoms with Gasteiger partial charge < -0.3 is 14.4 Å². The molecule has 4 nitrogen and oxygen atoms in total. The predicted octanol–water partition coefficient (Wildman–Crippen LogP) is 2.77. The molecule has 2 heterocycles. The summed E-state index contributed by atoms with van der Waals surface area (Å²) >= 11 is 0. The molecule has 2 aromatic rings. The van der Waals surface area contributed by atoms with E-state index in [2.05, 4.69) is 0 Å². The number of carbonyl (C=O) groups excluding carboxylic acids is 1. The van der Waals surface area contributed by atoms with Crippen LogP contribution in [-0.2, 0) is 4.79 Å². The summed E-state index contributed by atoms with van der Waals surface area (Å²) in [5.74, 6) is 0.695. The first-order valence-corrected chi connectivity index (χ1v) is 7.51. The van der Waals surface area contributed by atoms with Crippen molar-refractivity contribution in [1.29, 1.82) is 0 Å². The number of para-hydroxylation sites is 1. The van der Waals surface area contributed by atoms with Gasteiger partial charge in [0.05, 0.1) is 12.0 Å². The zero-order chi connectivity index (χ0) is 15.0. The van der Waals surface area contributed by atoms with Crippen molar-refractivity contribution < 1.29 is 14.3 Å². The molecule has 0 saturated carbocycles. The van der Waals surface area contributed by atoms with Crippen LogP contribution in [0.1, 0.15) is 31.9 Å². The molecule has 1 aromatic carbocycles. The maximum Gasteiger partial charge on any atom is 0.233 e. The third-order valence-corrected chi connectivity index (χ3v) is 4.46. The van der Waals surface area contributed by atoms with Crippen LogP contribution in [0, 0.1) is 5.92 Å². The van der Waals surface area contributed by atoms with Gasteiger partial charge in [0.15, 0.2) is 0 Å². The first-order chi connectivity index (χ1) is 10.1. The van der Waals surface area contributed by atoms with Crippen LogP contribution in [0.3, 0.4) is 0 Å². The van der Waals surface area contributed by atoms with Crippen LogP contribution in [0.15, 0.2) is 34.7 Å². The Bertz CT molecular complexity index is 613. The lowest BCUT2D eigenvalue weighted by molar-refractivity contribution is -0.131. The fourth-order valence-corrected chi connectivity index (χ4v) is 2.99. The van der Waals surface area contributed by atoms with Crippen LogP contribution in [0.5, 0.6) is 0 Å². The van der Waals surface area contributed by atoms with Crippen LogP contribution in [0.4, 0.5) is 0 Å². The lowest BCUT2D eigenvalue weighted by atomic mass is 10.0. The van der Waals surface area contributed by atoms with Gasteiger partial charge in [-0.3, -0.25) is 4.79 Å². The smallest absolute Gasteiger partial charge is 0.233 e. The molecule has 3 rings (SSSR count). The van der Waals surface area contributed by atoms with Crippen molar-refractivity contribution in [3.63, 3.8) is 0 Å². The van der Waals surface area contributed by atoms with Crippen molar-refractivity contribution >= 4 is 16.9 Å². The van der Waals surface area contributed by atoms with Crippen molar-refractivity contribution in [2.24, 2.45) is 5.92 Å². The number of furan rings is 1. The zero-order valence-electron chi connectivity index (χ0n) is 12.5. The van der Waals surface area contributed by atoms with E-state index < -0.39 is 0 Å². The number of likely N-dealkylation sites (tertiary alicyclic amines) is 1. The summed E-state index contributed by atoms with van der Waals surface area (Å²) in [7, 11) is 0. The third kappa shape index (κ3) is 2.68. The Balaban J connectivity index is 1.75. The number of benzene rings is 1. The summed E-state index contributed by atoms with van der Waals surface area (Å²) in [5, 5.41) is 10.7. The molecule has 1 N–H and O–H groups in total. The highest BCUT2D eigenvalue weighted by molar-refractivity contribution is 5.85. The molecule has 3 unspecified atom stereocenters. The Morgan fingerprint density at radius 1 is 1.38 bits per heavy atom. The average Bonchev–Trinajstić information content (AvgIpc) is 3.12. The van der Waals surface area contributed by atoms with E-state index in [1.807, 2.05) is 42.2 Å². The molecule has 3 atom stereocenters. The van der Waals surface area contributed by atoms with Gasteiger partial charge in [0.1, 0.15) is 11.3 Å². The van der Waals surface area contributed by atoms with Crippen molar-refractivity contribution in [2.75, 3.05) is 13.1 Å². The third-order valence-electron chi connectivity index (χ3n) is 4.46. The highest BCUT2D eigenvalue weighted by Crippen LogP contribution is 2.28. The van der Waals surface area contributed by atoms with Gasteiger partial charge in [-0.25, -0.2) is 0 Å². The molecule has 1 aromatic heterocycles. The van der Waals surface area contributed by atoms with Gasteiger partial charge >= 0.3 is 0 Å². The maximum atomic E-state index is 12.6. The minimum atomic E-state index is -0.357. The molecule has 0 bridgehead atoms. The number of amides is 1. The number of fused-ring (bicyclic) bond motifs is 1. The van der Waals surface area contributed by atoms with Crippen molar-refractivity contribution in [1.82, 2.24) is 4.90 Å². The lowest BCUT2D eigenvalue weighted by Crippen LogP contribution is -2.33. The monoisotopic (exact) mass is 287 g/mol. The van der Waals surface area contributed by atoms with Crippen LogP contribution in [0.25, 0.3) is 11.0 Å². The molecule has 1 aliphatic rings. The largest absolute Gasteiger partial charge is 0.460 e. The first-order valence-electron chi connectivity index (χ1n) is 7.51. The number of nitrogens with zero attached hydrogens (tertiary/aromatic N) is 1. The minimum Gasteiger partial charge on any atom is -0.460 e. The van der Waals surface area contributed by atoms with Crippen molar-refractivity contribution in [2.45, 2.75) is 32.3 Å². The second-order valence-corrected chi connectivity index (χ2v) is 5.98. The highest BCUT2D eigenvalue weighted by Gasteiger charge is 2.32. The molecule has 1 fully saturated rings. The van der Waals surface area contributed by atoms with E-state index in [-0.39, 0.29) is 23.8 Å². The number of aliphatic hydroxyl groups is 1. The van der Waals surface area contributed by atoms with Gasteiger partial charge in [0.2, 0.25) is 5.91 Å². The average molecular weight is 287 g/mol. The van der Waals surface area contributed by atoms with E-state index >= 15 is 0 Å². The molecule has 0 radical (unpaired) electrons. The lowest BCUT2D eigenvalue weighted by Gasteiger charge is -2.20. The van der Waals surface area contributed by atoms with E-state index in [0.717, 1.165) is 23.9 Å². The summed E-state index contributed by atoms with van der Waals surface area (Å²) in [5.41, 5.74) is 0.815. The standard InChI is InChI=1S/C17H21NO3/c1-11(16-9-13-5-3-4-6-15(13)21-16)17(20)18-8-7-14(10-18)12(2)19/h3-6,9,11-12,14,19H,7-8,10H2,1-2H3. The molecule has 112 valence electrons. The Morgan fingerprint density at radius 2 is 2.14 bits per heavy atom. The molecule has 1 aliphatic heterocycles. The Morgan fingerprint density at radius 3 is 2.81 bits per heavy atom. The predicted molar refractivity (Wildman–Crippen MR) is 81.0 cm³/mol. The normalized spacial score (nSPS) is 21.7. The quantitative estimate of drug-likeness (QED) is 0.944. The second-order valence-electron chi connectivity index (χ2n) is 5.98. The molecule has 0 aliphatic carbocycles. The minimum absolute atomic E-state index is 0.0807. The van der Waals surface area contributed by atoms with Crippen molar-refractivity contribution in [3.8, 4) is 0 Å². The summed E-state index contributed by atoms with van der Waals surface area (Å²) in [6.07, 6.45) is 0.514. The van der Waals surface area contributed by atoms with Crippen LogP contribution >= 0.6 is 0 Å². The maximum absolute atomic E-state index is 12.6.